The Hall–Kier alpha value is -5.07. The van der Waals surface area contributed by atoms with Gasteiger partial charge in [-0.2, -0.15) is 0 Å². The summed E-state index contributed by atoms with van der Waals surface area (Å²) in [4.78, 5) is 80.4. The van der Waals surface area contributed by atoms with Crippen LogP contribution in [0.4, 0.5) is 4.79 Å². The number of nitrogens with zero attached hydrogens (tertiary/aromatic N) is 1. The van der Waals surface area contributed by atoms with Crippen molar-refractivity contribution in [3.8, 4) is 0 Å². The van der Waals surface area contributed by atoms with Crippen LogP contribution in [0.25, 0.3) is 0 Å². The Balaban J connectivity index is 0.904. The van der Waals surface area contributed by atoms with Crippen molar-refractivity contribution in [1.29, 1.82) is 0 Å². The minimum Gasteiger partial charge on any atom is -0.511 e. The zero-order valence-electron chi connectivity index (χ0n) is 55.4. The molecule has 93 heavy (non-hydrogen) atoms. The van der Waals surface area contributed by atoms with Crippen LogP contribution < -0.4 is 5.32 Å². The highest BCUT2D eigenvalue weighted by Gasteiger charge is 2.65. The van der Waals surface area contributed by atoms with E-state index < -0.39 is 210 Å². The first-order valence-electron chi connectivity index (χ1n) is 33.1. The van der Waals surface area contributed by atoms with Gasteiger partial charge in [-0.25, -0.2) is 9.59 Å². The Bertz CT molecular complexity index is 2960. The fraction of sp³-hybridized carbons (Fsp3) is 0.776. The van der Waals surface area contributed by atoms with E-state index in [-0.39, 0.29) is 43.1 Å². The molecular weight excluding hydrogens is 1220 g/mol. The van der Waals surface area contributed by atoms with Crippen molar-refractivity contribution in [3.63, 3.8) is 0 Å². The van der Waals surface area contributed by atoms with Gasteiger partial charge in [0.2, 0.25) is 11.3 Å². The smallest absolute Gasteiger partial charge is 0.407 e. The number of aliphatic hydroxyl groups excluding tert-OH is 4. The Kier molecular flexibility index (Phi) is 21.4. The molecule has 0 aromatic carbocycles. The number of ketones is 1. The molecular formula is C67H96N2O24. The highest BCUT2D eigenvalue weighted by atomic mass is 16.8. The number of amides is 1. The second-order valence-corrected chi connectivity index (χ2v) is 28.2. The summed E-state index contributed by atoms with van der Waals surface area (Å²) in [5.74, 6) is -6.46. The van der Waals surface area contributed by atoms with Gasteiger partial charge < -0.3 is 87.3 Å². The summed E-state index contributed by atoms with van der Waals surface area (Å²) in [6, 6.07) is -1.12. The van der Waals surface area contributed by atoms with Crippen molar-refractivity contribution < 1.29 is 111 Å². The van der Waals surface area contributed by atoms with Crippen molar-refractivity contribution in [2.75, 3.05) is 7.11 Å². The first kappa shape index (κ1) is 70.7. The largest absolute Gasteiger partial charge is 0.511 e. The summed E-state index contributed by atoms with van der Waals surface area (Å²) in [6.07, 6.45) is -4.21. The average Bonchev–Trinajstić information content (AvgIpc) is 1.68. The maximum Gasteiger partial charge on any atom is 0.407 e. The molecule has 10 aliphatic rings. The van der Waals surface area contributed by atoms with Crippen LogP contribution in [0.2, 0.25) is 0 Å². The van der Waals surface area contributed by atoms with Crippen LogP contribution in [-0.2, 0) is 80.8 Å². The molecule has 10 rings (SSSR count). The molecule has 1 spiro atoms. The summed E-state index contributed by atoms with van der Waals surface area (Å²) in [5.41, 5.74) is -4.91. The summed E-state index contributed by atoms with van der Waals surface area (Å²) < 4.78 is 81.5. The molecule has 518 valence electrons. The number of alkyl carbamates (subject to hydrolysis) is 1. The number of rotatable bonds is 14. The van der Waals surface area contributed by atoms with Crippen LogP contribution in [-0.4, -0.2) is 197 Å². The number of ether oxygens (including phenoxy) is 13. The van der Waals surface area contributed by atoms with Gasteiger partial charge in [-0.15, -0.1) is 0 Å². The minimum absolute atomic E-state index is 0.00196. The molecule has 0 aromatic heterocycles. The zero-order chi connectivity index (χ0) is 67.5. The van der Waals surface area contributed by atoms with E-state index in [0.29, 0.717) is 49.5 Å². The third-order valence-corrected chi connectivity index (χ3v) is 21.7. The number of carbonyl (C=O) groups excluding carboxylic acids is 5. The number of nitrogens with one attached hydrogen (secondary N) is 1. The van der Waals surface area contributed by atoms with Gasteiger partial charge in [-0.1, -0.05) is 50.6 Å². The van der Waals surface area contributed by atoms with E-state index in [9.17, 15) is 49.7 Å². The van der Waals surface area contributed by atoms with Crippen molar-refractivity contribution in [3.05, 3.63) is 68.5 Å². The number of hydrogen-bond donors (Lipinski definition) is 5. The Morgan fingerprint density at radius 2 is 1.35 bits per heavy atom. The average molecular weight is 1310 g/mol. The first-order chi connectivity index (χ1) is 43.9. The van der Waals surface area contributed by atoms with Crippen molar-refractivity contribution in [1.82, 2.24) is 5.32 Å². The van der Waals surface area contributed by atoms with Gasteiger partial charge in [0.15, 0.2) is 43.2 Å². The highest BCUT2D eigenvalue weighted by molar-refractivity contribution is 6.26. The molecule has 6 aliphatic heterocycles. The van der Waals surface area contributed by atoms with Gasteiger partial charge in [0, 0.05) is 68.1 Å². The number of esters is 2. The number of fused-ring (bicyclic) bond motifs is 4. The number of hydrogen-bond acceptors (Lipinski definition) is 24. The van der Waals surface area contributed by atoms with E-state index in [1.165, 1.54) is 19.9 Å². The highest BCUT2D eigenvalue weighted by Crippen LogP contribution is 2.61. The quantitative estimate of drug-likeness (QED) is 0.0240. The standard InChI is InChI=1S/C67H96N2O24/c1-30-14-18-47(88-54-28-65(11,69(79)80)60(38(9)86-54)68-64(78)81-13)31(2)23-43-45(73)24-40(29-70)27-67(43)62(76)55(63(77)93-67)61(75)66(12)42(30)16-15-41-56(66)32(3)22-33(4)57(41)92-53-26-49(59(37(8)85-53)87-39(10)71)90-50-21-19-48(35(6)83-50)89-52-25-46(74)58(36(7)84-52)91-51-20-17-44(72)34(5)82-51/h14-16,23-24,29,32-38,41-54,56-60,72-75H,17-22,25-28H2,1-13H3,(H,68,78)/b30-14+,31-23+,61-55+/t32-,33-,34-,35-,36-,37-,38+,41-,42-,43+,44+,45-,46+,47-,48+,49+,50-,51-,52-,53-,54-,56+,57-,58-,59-,60-,65-,66+,67-/m0/s1. The molecule has 2 bridgehead atoms. The fourth-order valence-corrected chi connectivity index (χ4v) is 16.9. The van der Waals surface area contributed by atoms with Crippen LogP contribution in [0.1, 0.15) is 147 Å². The maximum absolute atomic E-state index is 15.6. The second kappa shape index (κ2) is 28.2. The SMILES string of the molecule is COC(=O)N[C@H]1[C@@H](C)O[C@@H](O[C@H]2C/C=C(\C)[C@@H]3C=C[C@@H]4[C@@H](O[C@H]5C[C@@H](O[C@H]6CC[C@@H](O[C@H]7C[C@@H](O)[C@@H](O[C@H]8CC[C@@H](O)[C@H](C)O8)[C@H](C)O7)[C@H](C)O6)[C@@H](OC(C)=O)[C@H](C)O5)[C@@H](C)C[C@H](C)[C@H]4[C@]3(C)/C(O)=C3\C(=O)O[C@]4(CC(C=O)=C[C@H](O)[C@H]4/C=C/2C)C3=O)C[C@]1(C)[N+](=O)[O-]. The molecule has 0 unspecified atom stereocenters. The number of aliphatic hydroxyl groups is 4. The van der Waals surface area contributed by atoms with E-state index in [0.717, 1.165) is 7.11 Å². The van der Waals surface area contributed by atoms with Crippen molar-refractivity contribution in [2.45, 2.75) is 281 Å². The zero-order valence-corrected chi connectivity index (χ0v) is 55.4. The Morgan fingerprint density at radius 1 is 0.720 bits per heavy atom. The molecule has 6 saturated heterocycles. The van der Waals surface area contributed by atoms with E-state index in [4.69, 9.17) is 61.6 Å². The van der Waals surface area contributed by atoms with Gasteiger partial charge in [-0.05, 0) is 109 Å². The van der Waals surface area contributed by atoms with E-state index in [1.54, 1.807) is 33.8 Å². The summed E-state index contributed by atoms with van der Waals surface area (Å²) >= 11 is 0. The van der Waals surface area contributed by atoms with Crippen LogP contribution >= 0.6 is 0 Å². The lowest BCUT2D eigenvalue weighted by atomic mass is 9.49. The number of Topliss-reactive ketones (excluding diaryl/α,β-unsaturated/α-hetero) is 1. The predicted molar refractivity (Wildman–Crippen MR) is 325 cm³/mol. The van der Waals surface area contributed by atoms with Gasteiger partial charge in [0.05, 0.1) is 86.6 Å². The maximum atomic E-state index is 15.6. The number of aldehydes is 1. The third-order valence-electron chi connectivity index (χ3n) is 21.7. The third kappa shape index (κ3) is 14.0. The molecule has 5 N–H and O–H groups in total. The van der Waals surface area contributed by atoms with E-state index in [1.807, 2.05) is 39.8 Å². The van der Waals surface area contributed by atoms with Crippen LogP contribution in [0.5, 0.6) is 0 Å². The number of carbonyl (C=O) groups is 5. The molecule has 6 heterocycles. The Morgan fingerprint density at radius 3 is 2.01 bits per heavy atom. The summed E-state index contributed by atoms with van der Waals surface area (Å²) in [7, 11) is 1.15. The van der Waals surface area contributed by atoms with Crippen molar-refractivity contribution in [2.24, 2.45) is 40.9 Å². The lowest BCUT2D eigenvalue weighted by Gasteiger charge is -2.56. The lowest BCUT2D eigenvalue weighted by molar-refractivity contribution is -0.584. The number of allylic oxidation sites excluding steroid dienone is 3. The molecule has 29 atom stereocenters. The summed E-state index contributed by atoms with van der Waals surface area (Å²) in [6.45, 7) is 21.0. The fourth-order valence-electron chi connectivity index (χ4n) is 16.9. The van der Waals surface area contributed by atoms with Gasteiger partial charge in [0.1, 0.15) is 35.9 Å². The lowest BCUT2D eigenvalue weighted by Crippen LogP contribution is -2.65. The first-order valence-corrected chi connectivity index (χ1v) is 33.1. The van der Waals surface area contributed by atoms with E-state index >= 15 is 4.79 Å². The molecule has 26 nitrogen and oxygen atoms in total. The minimum atomic E-state index is -2.20. The van der Waals surface area contributed by atoms with Crippen LogP contribution in [0.3, 0.4) is 0 Å². The van der Waals surface area contributed by atoms with Crippen LogP contribution in [0.15, 0.2) is 58.4 Å². The van der Waals surface area contributed by atoms with E-state index in [2.05, 4.69) is 25.2 Å². The molecule has 0 aromatic rings. The topological polar surface area (TPSA) is 341 Å². The van der Waals surface area contributed by atoms with Gasteiger partial charge >= 0.3 is 18.0 Å². The Labute approximate surface area is 542 Å². The molecule has 1 saturated carbocycles. The monoisotopic (exact) mass is 1310 g/mol. The molecule has 4 aliphatic carbocycles. The molecule has 7 fully saturated rings. The van der Waals surface area contributed by atoms with Crippen LogP contribution in [0, 0.1) is 51.0 Å². The second-order valence-electron chi connectivity index (χ2n) is 28.2. The predicted octanol–water partition coefficient (Wildman–Crippen LogP) is 6.36. The van der Waals surface area contributed by atoms with Crippen molar-refractivity contribution >= 4 is 30.1 Å². The molecule has 1 amide bonds. The normalized spacial score (nSPS) is 48.2. The molecule has 0 radical (unpaired) electrons. The number of nitro groups is 1. The van der Waals surface area contributed by atoms with Gasteiger partial charge in [-0.3, -0.25) is 24.5 Å². The van der Waals surface area contributed by atoms with Gasteiger partial charge in [0.25, 0.3) is 0 Å². The molecule has 26 heteroatoms. The number of methoxy groups -OCH3 is 1. The summed E-state index contributed by atoms with van der Waals surface area (Å²) in [5, 5.41) is 62.0.